The van der Waals surface area contributed by atoms with E-state index in [9.17, 15) is 4.79 Å². The average molecular weight is 371 g/mol. The molecule has 0 aromatic carbocycles. The van der Waals surface area contributed by atoms with Gasteiger partial charge in [0.25, 0.3) is 0 Å². The van der Waals surface area contributed by atoms with Crippen LogP contribution in [-0.2, 0) is 4.79 Å². The molecular weight excluding hydrogens is 342 g/mol. The van der Waals surface area contributed by atoms with E-state index >= 15 is 0 Å². The first-order valence-corrected chi connectivity index (χ1v) is 9.90. The first-order chi connectivity index (χ1) is 13.0. The summed E-state index contributed by atoms with van der Waals surface area (Å²) in [6.45, 7) is 3.59. The zero-order valence-electron chi connectivity index (χ0n) is 16.5. The van der Waals surface area contributed by atoms with Crippen molar-refractivity contribution in [2.24, 2.45) is 5.92 Å². The fraction of sp³-hybridized carbons (Fsp3) is 0.684. The molecule has 1 atom stereocenters. The number of carbonyl (C=O) groups excluding carboxylic acids is 1. The van der Waals surface area contributed by atoms with E-state index in [0.717, 1.165) is 69.2 Å². The zero-order chi connectivity index (χ0) is 19.0. The number of nitrogens with zero attached hydrogens (tertiary/aromatic N) is 7. The van der Waals surface area contributed by atoms with Crippen molar-refractivity contribution in [1.29, 1.82) is 0 Å². The predicted molar refractivity (Wildman–Crippen MR) is 104 cm³/mol. The lowest BCUT2D eigenvalue weighted by atomic mass is 9.92. The molecule has 0 radical (unpaired) electrons. The summed E-state index contributed by atoms with van der Waals surface area (Å²) in [6, 6.07) is 3.91. The Bertz CT molecular complexity index is 809. The van der Waals surface area contributed by atoms with Gasteiger partial charge in [-0.1, -0.05) is 0 Å². The van der Waals surface area contributed by atoms with E-state index in [1.807, 2.05) is 35.6 Å². The fourth-order valence-corrected chi connectivity index (χ4v) is 4.27. The largest absolute Gasteiger partial charge is 0.361 e. The van der Waals surface area contributed by atoms with Crippen LogP contribution >= 0.6 is 0 Å². The smallest absolute Gasteiger partial charge is 0.226 e. The van der Waals surface area contributed by atoms with Crippen LogP contribution in [0.4, 0.5) is 5.82 Å². The monoisotopic (exact) mass is 371 g/mol. The van der Waals surface area contributed by atoms with E-state index in [2.05, 4.69) is 32.1 Å². The minimum atomic E-state index is 0.165. The first kappa shape index (κ1) is 18.2. The van der Waals surface area contributed by atoms with Crippen LogP contribution in [0.1, 0.15) is 37.4 Å². The maximum absolute atomic E-state index is 12.9. The molecule has 2 saturated heterocycles. The van der Waals surface area contributed by atoms with Gasteiger partial charge in [0.2, 0.25) is 5.91 Å². The van der Waals surface area contributed by atoms with Crippen molar-refractivity contribution in [1.82, 2.24) is 29.6 Å². The Morgan fingerprint density at radius 2 is 1.89 bits per heavy atom. The number of fused-ring (bicyclic) bond motifs is 1. The lowest BCUT2D eigenvalue weighted by molar-refractivity contribution is -0.138. The van der Waals surface area contributed by atoms with Crippen LogP contribution in [-0.4, -0.2) is 82.8 Å². The third-order valence-corrected chi connectivity index (χ3v) is 5.88. The molecule has 1 unspecified atom stereocenters. The second kappa shape index (κ2) is 7.42. The van der Waals surface area contributed by atoms with Crippen molar-refractivity contribution >= 4 is 17.4 Å². The molecule has 4 rings (SSSR count). The summed E-state index contributed by atoms with van der Waals surface area (Å²) in [7, 11) is 6.06. The summed E-state index contributed by atoms with van der Waals surface area (Å²) >= 11 is 0. The highest BCUT2D eigenvalue weighted by molar-refractivity contribution is 5.79. The third kappa shape index (κ3) is 3.63. The second-order valence-corrected chi connectivity index (χ2v) is 8.12. The summed E-state index contributed by atoms with van der Waals surface area (Å²) in [5.41, 5.74) is 0.777. The number of likely N-dealkylation sites (tertiary alicyclic amines) is 2. The van der Waals surface area contributed by atoms with E-state index in [-0.39, 0.29) is 5.92 Å². The Balaban J connectivity index is 1.44. The quantitative estimate of drug-likeness (QED) is 0.809. The maximum Gasteiger partial charge on any atom is 0.226 e. The van der Waals surface area contributed by atoms with Gasteiger partial charge in [0, 0.05) is 39.6 Å². The van der Waals surface area contributed by atoms with Crippen LogP contribution in [0, 0.1) is 5.92 Å². The van der Waals surface area contributed by atoms with Crippen LogP contribution < -0.4 is 4.90 Å². The molecule has 27 heavy (non-hydrogen) atoms. The molecular formula is C19H29N7O. The van der Waals surface area contributed by atoms with Gasteiger partial charge in [0.1, 0.15) is 5.82 Å². The molecule has 1 amide bonds. The van der Waals surface area contributed by atoms with Crippen molar-refractivity contribution in [2.75, 3.05) is 52.2 Å². The lowest BCUT2D eigenvalue weighted by Gasteiger charge is -2.36. The number of piperidine rings is 2. The second-order valence-electron chi connectivity index (χ2n) is 8.12. The number of anilines is 1. The molecule has 2 aromatic rings. The van der Waals surface area contributed by atoms with E-state index in [1.165, 1.54) is 0 Å². The maximum atomic E-state index is 12.9. The number of hydrogen-bond donors (Lipinski definition) is 0. The van der Waals surface area contributed by atoms with Gasteiger partial charge in [-0.3, -0.25) is 4.79 Å². The number of hydrogen-bond acceptors (Lipinski definition) is 6. The lowest BCUT2D eigenvalue weighted by Crippen LogP contribution is -2.46. The molecule has 8 nitrogen and oxygen atoms in total. The SMILES string of the molecule is CN1CCCC(C(=O)N2CCC(c3nnc4ccc(N(C)C)nn34)CC2)C1. The summed E-state index contributed by atoms with van der Waals surface area (Å²) in [6.07, 6.45) is 3.98. The molecule has 8 heteroatoms. The van der Waals surface area contributed by atoms with Gasteiger partial charge in [0.15, 0.2) is 11.5 Å². The fourth-order valence-electron chi connectivity index (χ4n) is 4.27. The Labute approximate surface area is 160 Å². The number of amides is 1. The summed E-state index contributed by atoms with van der Waals surface area (Å²) in [4.78, 5) is 19.2. The molecule has 146 valence electrons. The van der Waals surface area contributed by atoms with Gasteiger partial charge in [-0.05, 0) is 51.4 Å². The van der Waals surface area contributed by atoms with Crippen molar-refractivity contribution in [3.05, 3.63) is 18.0 Å². The predicted octanol–water partition coefficient (Wildman–Crippen LogP) is 1.24. The Morgan fingerprint density at radius 3 is 2.59 bits per heavy atom. The molecule has 0 spiro atoms. The molecule has 0 bridgehead atoms. The third-order valence-electron chi connectivity index (χ3n) is 5.88. The standard InChI is InChI=1S/C19H29N7O/c1-23(2)17-7-6-16-20-21-18(26(16)22-17)14-8-11-25(12-9-14)19(27)15-5-4-10-24(3)13-15/h6-7,14-15H,4-5,8-13H2,1-3H3. The summed E-state index contributed by atoms with van der Waals surface area (Å²) < 4.78 is 1.87. The van der Waals surface area contributed by atoms with E-state index < -0.39 is 0 Å². The molecule has 2 fully saturated rings. The van der Waals surface area contributed by atoms with Crippen LogP contribution in [0.2, 0.25) is 0 Å². The Kier molecular flexibility index (Phi) is 4.99. The van der Waals surface area contributed by atoms with Crippen molar-refractivity contribution in [3.8, 4) is 0 Å². The molecule has 0 saturated carbocycles. The number of aromatic nitrogens is 4. The van der Waals surface area contributed by atoms with Gasteiger partial charge >= 0.3 is 0 Å². The number of rotatable bonds is 3. The van der Waals surface area contributed by atoms with Gasteiger partial charge < -0.3 is 14.7 Å². The average Bonchev–Trinajstić information content (AvgIpc) is 3.10. The highest BCUT2D eigenvalue weighted by Crippen LogP contribution is 2.29. The molecule has 0 aliphatic carbocycles. The van der Waals surface area contributed by atoms with Crippen LogP contribution in [0.25, 0.3) is 5.65 Å². The molecule has 4 heterocycles. The number of carbonyl (C=O) groups is 1. The molecule has 2 aliphatic rings. The minimum Gasteiger partial charge on any atom is -0.361 e. The van der Waals surface area contributed by atoms with Crippen LogP contribution in [0.3, 0.4) is 0 Å². The van der Waals surface area contributed by atoms with Crippen LogP contribution in [0.15, 0.2) is 12.1 Å². The summed E-state index contributed by atoms with van der Waals surface area (Å²) in [5, 5.41) is 13.4. The molecule has 0 N–H and O–H groups in total. The molecule has 2 aliphatic heterocycles. The van der Waals surface area contributed by atoms with Crippen molar-refractivity contribution < 1.29 is 4.79 Å². The normalized spacial score (nSPS) is 22.3. The van der Waals surface area contributed by atoms with Gasteiger partial charge in [0.05, 0.1) is 5.92 Å². The van der Waals surface area contributed by atoms with Gasteiger partial charge in [-0.25, -0.2) is 0 Å². The van der Waals surface area contributed by atoms with E-state index in [1.54, 1.807) is 0 Å². The van der Waals surface area contributed by atoms with Crippen molar-refractivity contribution in [2.45, 2.75) is 31.6 Å². The molecule has 2 aromatic heterocycles. The Morgan fingerprint density at radius 1 is 1.11 bits per heavy atom. The van der Waals surface area contributed by atoms with E-state index in [0.29, 0.717) is 11.8 Å². The topological polar surface area (TPSA) is 69.9 Å². The van der Waals surface area contributed by atoms with Crippen LogP contribution in [0.5, 0.6) is 0 Å². The van der Waals surface area contributed by atoms with Gasteiger partial charge in [-0.2, -0.15) is 4.52 Å². The zero-order valence-corrected chi connectivity index (χ0v) is 16.5. The van der Waals surface area contributed by atoms with Crippen molar-refractivity contribution in [3.63, 3.8) is 0 Å². The Hall–Kier alpha value is -2.22. The minimum absolute atomic E-state index is 0.165. The highest BCUT2D eigenvalue weighted by atomic mass is 16.2. The van der Waals surface area contributed by atoms with Gasteiger partial charge in [-0.15, -0.1) is 15.3 Å². The first-order valence-electron chi connectivity index (χ1n) is 9.90. The summed E-state index contributed by atoms with van der Waals surface area (Å²) in [5.74, 6) is 2.59. The highest BCUT2D eigenvalue weighted by Gasteiger charge is 2.32. The van der Waals surface area contributed by atoms with E-state index in [4.69, 9.17) is 0 Å².